The molecule has 1 aliphatic heterocycles. The minimum Gasteiger partial charge on any atom is -0.334 e. The van der Waals surface area contributed by atoms with Gasteiger partial charge in [-0.25, -0.2) is 9.18 Å². The van der Waals surface area contributed by atoms with E-state index in [1.54, 1.807) is 30.3 Å². The molecule has 1 fully saturated rings. The Kier molecular flexibility index (Phi) is 6.03. The molecule has 1 aliphatic rings. The van der Waals surface area contributed by atoms with Crippen molar-refractivity contribution < 1.29 is 14.0 Å². The summed E-state index contributed by atoms with van der Waals surface area (Å²) in [6.45, 7) is 3.82. The number of hydrogen-bond acceptors (Lipinski definition) is 3. The fourth-order valence-corrected chi connectivity index (χ4v) is 3.03. The largest absolute Gasteiger partial charge is 0.334 e. The lowest BCUT2D eigenvalue weighted by molar-refractivity contribution is 0.102. The average Bonchev–Trinajstić information content (AvgIpc) is 2.64. The molecule has 1 saturated heterocycles. The van der Waals surface area contributed by atoms with Gasteiger partial charge in [-0.15, -0.1) is 0 Å². The van der Waals surface area contributed by atoms with Gasteiger partial charge in [0.15, 0.2) is 0 Å². The molecule has 0 saturated carbocycles. The van der Waals surface area contributed by atoms with Crippen LogP contribution in [0.3, 0.4) is 0 Å². The highest BCUT2D eigenvalue weighted by Gasteiger charge is 2.22. The van der Waals surface area contributed by atoms with Crippen LogP contribution in [0.4, 0.5) is 20.6 Å². The fraction of sp³-hybridized carbons (Fsp3) is 0.300. The van der Waals surface area contributed by atoms with Gasteiger partial charge in [0.25, 0.3) is 5.91 Å². The van der Waals surface area contributed by atoms with Gasteiger partial charge in [-0.3, -0.25) is 4.79 Å². The summed E-state index contributed by atoms with van der Waals surface area (Å²) in [5, 5.41) is 11.6. The number of amides is 3. The fourth-order valence-electron chi connectivity index (χ4n) is 3.03. The topological polar surface area (TPSA) is 82.3 Å². The van der Waals surface area contributed by atoms with Crippen LogP contribution in [0.5, 0.6) is 0 Å². The molecule has 27 heavy (non-hydrogen) atoms. The second kappa shape index (κ2) is 8.64. The smallest absolute Gasteiger partial charge is 0.319 e. The van der Waals surface area contributed by atoms with Crippen molar-refractivity contribution in [1.29, 1.82) is 0 Å². The second-order valence-corrected chi connectivity index (χ2v) is 6.72. The number of anilines is 2. The van der Waals surface area contributed by atoms with E-state index in [-0.39, 0.29) is 18.0 Å². The lowest BCUT2D eigenvalue weighted by Gasteiger charge is -2.30. The van der Waals surface area contributed by atoms with Crippen LogP contribution in [0.15, 0.2) is 48.5 Å². The third-order valence-electron chi connectivity index (χ3n) is 4.61. The van der Waals surface area contributed by atoms with Crippen molar-refractivity contribution in [2.24, 2.45) is 5.92 Å². The predicted molar refractivity (Wildman–Crippen MR) is 103 cm³/mol. The molecule has 142 valence electrons. The Balaban J connectivity index is 1.61. The van der Waals surface area contributed by atoms with Crippen LogP contribution in [0, 0.1) is 11.7 Å². The van der Waals surface area contributed by atoms with Crippen molar-refractivity contribution in [2.75, 3.05) is 23.7 Å². The Morgan fingerprint density at radius 3 is 2.56 bits per heavy atom. The van der Waals surface area contributed by atoms with Crippen molar-refractivity contribution in [3.8, 4) is 0 Å². The first-order valence-electron chi connectivity index (χ1n) is 8.96. The minimum absolute atomic E-state index is 0.0678. The standard InChI is InChI=1S/C20H23FN4O2/c1-13-8-9-22-12-18(13)25-20(27)24-16-6-2-4-14(10-16)19(26)23-17-7-3-5-15(21)11-17/h2-7,10-11,13,18,22H,8-9,12H2,1H3,(H,23,26)(H2,24,25,27). The number of piperidine rings is 1. The van der Waals surface area contributed by atoms with Gasteiger partial charge >= 0.3 is 6.03 Å². The molecule has 7 heteroatoms. The molecule has 2 atom stereocenters. The first kappa shape index (κ1) is 18.8. The van der Waals surface area contributed by atoms with E-state index in [1.807, 2.05) is 0 Å². The molecule has 6 nitrogen and oxygen atoms in total. The zero-order valence-electron chi connectivity index (χ0n) is 15.1. The Hall–Kier alpha value is -2.93. The third-order valence-corrected chi connectivity index (χ3v) is 4.61. The van der Waals surface area contributed by atoms with Crippen molar-refractivity contribution in [1.82, 2.24) is 10.6 Å². The molecule has 1 heterocycles. The number of nitrogens with one attached hydrogen (secondary N) is 4. The molecule has 2 aromatic rings. The van der Waals surface area contributed by atoms with E-state index >= 15 is 0 Å². The zero-order valence-corrected chi connectivity index (χ0v) is 15.1. The molecule has 0 bridgehead atoms. The summed E-state index contributed by atoms with van der Waals surface area (Å²) in [6.07, 6.45) is 1.01. The van der Waals surface area contributed by atoms with Crippen molar-refractivity contribution in [3.63, 3.8) is 0 Å². The van der Waals surface area contributed by atoms with E-state index in [9.17, 15) is 14.0 Å². The first-order chi connectivity index (χ1) is 13.0. The molecule has 2 aromatic carbocycles. The normalized spacial score (nSPS) is 19.2. The van der Waals surface area contributed by atoms with Crippen LogP contribution in [0.2, 0.25) is 0 Å². The number of rotatable bonds is 4. The number of carbonyl (C=O) groups excluding carboxylic acids is 2. The highest BCUT2D eigenvalue weighted by molar-refractivity contribution is 6.05. The number of hydrogen-bond donors (Lipinski definition) is 4. The van der Waals surface area contributed by atoms with Crippen LogP contribution in [0.1, 0.15) is 23.7 Å². The van der Waals surface area contributed by atoms with Gasteiger partial charge in [0.2, 0.25) is 0 Å². The lowest BCUT2D eigenvalue weighted by atomic mass is 9.95. The Morgan fingerprint density at radius 1 is 1.07 bits per heavy atom. The highest BCUT2D eigenvalue weighted by atomic mass is 19.1. The SMILES string of the molecule is CC1CCNCC1NC(=O)Nc1cccc(C(=O)Nc2cccc(F)c2)c1. The van der Waals surface area contributed by atoms with E-state index in [4.69, 9.17) is 0 Å². The summed E-state index contributed by atoms with van der Waals surface area (Å²) in [5.74, 6) is -0.401. The maximum absolute atomic E-state index is 13.2. The summed E-state index contributed by atoms with van der Waals surface area (Å²) in [6, 6.07) is 12.0. The van der Waals surface area contributed by atoms with Gasteiger partial charge in [0.1, 0.15) is 5.82 Å². The zero-order chi connectivity index (χ0) is 19.2. The Bertz CT molecular complexity index is 827. The molecule has 0 aromatic heterocycles. The maximum Gasteiger partial charge on any atom is 0.319 e. The molecule has 3 amide bonds. The van der Waals surface area contributed by atoms with E-state index < -0.39 is 5.82 Å². The third kappa shape index (κ3) is 5.27. The number of halogens is 1. The van der Waals surface area contributed by atoms with Crippen LogP contribution in [-0.4, -0.2) is 31.1 Å². The van der Waals surface area contributed by atoms with Crippen LogP contribution >= 0.6 is 0 Å². The average molecular weight is 370 g/mol. The number of benzene rings is 2. The van der Waals surface area contributed by atoms with Crippen LogP contribution in [0.25, 0.3) is 0 Å². The predicted octanol–water partition coefficient (Wildman–Crippen LogP) is 3.20. The van der Waals surface area contributed by atoms with Gasteiger partial charge in [-0.1, -0.05) is 19.1 Å². The molecule has 0 spiro atoms. The maximum atomic E-state index is 13.2. The quantitative estimate of drug-likeness (QED) is 0.667. The number of carbonyl (C=O) groups is 2. The van der Waals surface area contributed by atoms with E-state index in [2.05, 4.69) is 28.2 Å². The van der Waals surface area contributed by atoms with Gasteiger partial charge in [-0.2, -0.15) is 0 Å². The summed E-state index contributed by atoms with van der Waals surface area (Å²) >= 11 is 0. The minimum atomic E-state index is -0.425. The van der Waals surface area contributed by atoms with Crippen molar-refractivity contribution in [2.45, 2.75) is 19.4 Å². The monoisotopic (exact) mass is 370 g/mol. The molecule has 0 aliphatic carbocycles. The molecular weight excluding hydrogens is 347 g/mol. The summed E-state index contributed by atoms with van der Waals surface area (Å²) < 4.78 is 13.2. The van der Waals surface area contributed by atoms with Gasteiger partial charge in [0.05, 0.1) is 0 Å². The van der Waals surface area contributed by atoms with Crippen LogP contribution < -0.4 is 21.3 Å². The summed E-state index contributed by atoms with van der Waals surface area (Å²) in [5.41, 5.74) is 1.25. The molecule has 2 unspecified atom stereocenters. The molecular formula is C20H23FN4O2. The number of urea groups is 1. The van der Waals surface area contributed by atoms with Crippen molar-refractivity contribution in [3.05, 3.63) is 59.9 Å². The van der Waals surface area contributed by atoms with E-state index in [1.165, 1.54) is 18.2 Å². The molecule has 3 rings (SSSR count). The van der Waals surface area contributed by atoms with E-state index in [0.717, 1.165) is 19.5 Å². The second-order valence-electron chi connectivity index (χ2n) is 6.72. The van der Waals surface area contributed by atoms with Gasteiger partial charge < -0.3 is 21.3 Å². The first-order valence-corrected chi connectivity index (χ1v) is 8.96. The van der Waals surface area contributed by atoms with E-state index in [0.29, 0.717) is 22.9 Å². The van der Waals surface area contributed by atoms with Crippen molar-refractivity contribution >= 4 is 23.3 Å². The van der Waals surface area contributed by atoms with Crippen LogP contribution in [-0.2, 0) is 0 Å². The summed E-state index contributed by atoms with van der Waals surface area (Å²) in [7, 11) is 0. The summed E-state index contributed by atoms with van der Waals surface area (Å²) in [4.78, 5) is 24.6. The van der Waals surface area contributed by atoms with Gasteiger partial charge in [0, 0.05) is 29.5 Å². The Labute approximate surface area is 157 Å². The lowest BCUT2D eigenvalue weighted by Crippen LogP contribution is -2.51. The van der Waals surface area contributed by atoms with Gasteiger partial charge in [-0.05, 0) is 55.3 Å². The highest BCUT2D eigenvalue weighted by Crippen LogP contribution is 2.15. The molecule has 4 N–H and O–H groups in total. The molecule has 0 radical (unpaired) electrons. The Morgan fingerprint density at radius 2 is 1.81 bits per heavy atom.